The molecule has 1 heterocycles. The van der Waals surface area contributed by atoms with Gasteiger partial charge in [0.2, 0.25) is 11.8 Å². The predicted octanol–water partition coefficient (Wildman–Crippen LogP) is 0.0818. The van der Waals surface area contributed by atoms with Gasteiger partial charge in [-0.05, 0) is 20.8 Å². The monoisotopic (exact) mass is 285 g/mol. The van der Waals surface area contributed by atoms with Crippen molar-refractivity contribution in [3.8, 4) is 0 Å². The van der Waals surface area contributed by atoms with Gasteiger partial charge in [0, 0.05) is 38.6 Å². The summed E-state index contributed by atoms with van der Waals surface area (Å²) < 4.78 is 5.27. The van der Waals surface area contributed by atoms with Crippen LogP contribution in [0.3, 0.4) is 0 Å². The van der Waals surface area contributed by atoms with Crippen LogP contribution in [0, 0.1) is 0 Å². The summed E-state index contributed by atoms with van der Waals surface area (Å²) in [5, 5.41) is 2.87. The number of amides is 2. The number of ether oxygens (including phenoxy) is 1. The quantitative estimate of drug-likeness (QED) is 0.777. The second-order valence-electron chi connectivity index (χ2n) is 6.08. The maximum Gasteiger partial charge on any atom is 0.239 e. The number of nitrogens with zero attached hydrogens (tertiary/aromatic N) is 2. The smallest absolute Gasteiger partial charge is 0.239 e. The Morgan fingerprint density at radius 3 is 2.35 bits per heavy atom. The predicted molar refractivity (Wildman–Crippen MR) is 77.4 cm³/mol. The summed E-state index contributed by atoms with van der Waals surface area (Å²) in [7, 11) is 0. The number of carbonyl (C=O) groups is 2. The molecule has 20 heavy (non-hydrogen) atoms. The molecule has 116 valence electrons. The minimum atomic E-state index is -0.340. The lowest BCUT2D eigenvalue weighted by Crippen LogP contribution is -2.50. The Labute approximate surface area is 121 Å². The molecule has 0 aliphatic carbocycles. The lowest BCUT2D eigenvalue weighted by Gasteiger charge is -2.34. The van der Waals surface area contributed by atoms with Gasteiger partial charge in [0.15, 0.2) is 0 Å². The van der Waals surface area contributed by atoms with Crippen LogP contribution in [0.2, 0.25) is 0 Å². The van der Waals surface area contributed by atoms with Gasteiger partial charge in [-0.3, -0.25) is 14.5 Å². The molecule has 0 radical (unpaired) electrons. The van der Waals surface area contributed by atoms with Crippen LogP contribution >= 0.6 is 0 Å². The molecule has 0 atom stereocenters. The first-order valence-corrected chi connectivity index (χ1v) is 7.15. The number of nitrogens with one attached hydrogen (secondary N) is 1. The fourth-order valence-corrected chi connectivity index (χ4v) is 2.20. The van der Waals surface area contributed by atoms with E-state index in [1.165, 1.54) is 6.92 Å². The molecule has 0 spiro atoms. The van der Waals surface area contributed by atoms with E-state index in [0.29, 0.717) is 6.54 Å². The molecule has 0 unspecified atom stereocenters. The van der Waals surface area contributed by atoms with E-state index in [2.05, 4.69) is 10.2 Å². The third-order valence-corrected chi connectivity index (χ3v) is 3.35. The summed E-state index contributed by atoms with van der Waals surface area (Å²) in [6.07, 6.45) is 0. The topological polar surface area (TPSA) is 61.9 Å². The highest BCUT2D eigenvalue weighted by atomic mass is 16.5. The van der Waals surface area contributed by atoms with Crippen molar-refractivity contribution in [1.82, 2.24) is 15.1 Å². The minimum absolute atomic E-state index is 0.0826. The molecular formula is C14H27N3O3. The molecule has 1 saturated heterocycles. The van der Waals surface area contributed by atoms with E-state index >= 15 is 0 Å². The van der Waals surface area contributed by atoms with Crippen molar-refractivity contribution in [2.75, 3.05) is 45.9 Å². The largest absolute Gasteiger partial charge is 0.379 e. The molecule has 0 aromatic carbocycles. The van der Waals surface area contributed by atoms with Crippen molar-refractivity contribution in [3.63, 3.8) is 0 Å². The molecule has 0 saturated carbocycles. The Kier molecular flexibility index (Phi) is 6.42. The highest BCUT2D eigenvalue weighted by molar-refractivity contribution is 5.84. The average Bonchev–Trinajstić information content (AvgIpc) is 2.35. The van der Waals surface area contributed by atoms with Crippen LogP contribution in [0.15, 0.2) is 0 Å². The van der Waals surface area contributed by atoms with Crippen LogP contribution in [-0.2, 0) is 14.3 Å². The zero-order valence-electron chi connectivity index (χ0n) is 13.1. The Balaban J connectivity index is 2.29. The molecule has 0 bridgehead atoms. The van der Waals surface area contributed by atoms with E-state index in [9.17, 15) is 9.59 Å². The fraction of sp³-hybridized carbons (Fsp3) is 0.857. The normalized spacial score (nSPS) is 16.8. The molecule has 1 fully saturated rings. The van der Waals surface area contributed by atoms with Crippen LogP contribution in [0.4, 0.5) is 0 Å². The minimum Gasteiger partial charge on any atom is -0.379 e. The number of carbonyl (C=O) groups excluding carboxylic acids is 2. The molecule has 0 aromatic rings. The third-order valence-electron chi connectivity index (χ3n) is 3.35. The zero-order chi connectivity index (χ0) is 15.2. The Morgan fingerprint density at radius 1 is 1.25 bits per heavy atom. The maximum absolute atomic E-state index is 11.9. The van der Waals surface area contributed by atoms with Crippen LogP contribution in [0.5, 0.6) is 0 Å². The first-order chi connectivity index (χ1) is 9.30. The summed E-state index contributed by atoms with van der Waals surface area (Å²) in [5.41, 5.74) is -0.340. The highest BCUT2D eigenvalue weighted by Gasteiger charge is 2.25. The van der Waals surface area contributed by atoms with Crippen LogP contribution in [-0.4, -0.2) is 73.1 Å². The van der Waals surface area contributed by atoms with E-state index in [4.69, 9.17) is 4.74 Å². The van der Waals surface area contributed by atoms with Gasteiger partial charge < -0.3 is 15.0 Å². The van der Waals surface area contributed by atoms with Gasteiger partial charge in [0.05, 0.1) is 13.2 Å². The van der Waals surface area contributed by atoms with Crippen molar-refractivity contribution in [2.24, 2.45) is 0 Å². The number of hydrogen-bond donors (Lipinski definition) is 1. The summed E-state index contributed by atoms with van der Waals surface area (Å²) in [5.74, 6) is -0.191. The number of rotatable bonds is 5. The van der Waals surface area contributed by atoms with E-state index in [1.807, 2.05) is 20.8 Å². The summed E-state index contributed by atoms with van der Waals surface area (Å²) in [6, 6.07) is 0. The molecule has 2 amide bonds. The van der Waals surface area contributed by atoms with Gasteiger partial charge in [-0.15, -0.1) is 0 Å². The highest BCUT2D eigenvalue weighted by Crippen LogP contribution is 2.12. The van der Waals surface area contributed by atoms with Gasteiger partial charge >= 0.3 is 0 Å². The Bertz CT molecular complexity index is 333. The van der Waals surface area contributed by atoms with Crippen molar-refractivity contribution in [2.45, 2.75) is 33.2 Å². The van der Waals surface area contributed by atoms with Crippen LogP contribution in [0.1, 0.15) is 27.7 Å². The first kappa shape index (κ1) is 16.9. The van der Waals surface area contributed by atoms with E-state index in [-0.39, 0.29) is 23.9 Å². The van der Waals surface area contributed by atoms with Gasteiger partial charge in [0.1, 0.15) is 6.54 Å². The second-order valence-corrected chi connectivity index (χ2v) is 6.08. The molecule has 1 rings (SSSR count). The van der Waals surface area contributed by atoms with E-state index in [1.54, 1.807) is 4.90 Å². The summed E-state index contributed by atoms with van der Waals surface area (Å²) in [4.78, 5) is 27.3. The molecule has 0 aromatic heterocycles. The van der Waals surface area contributed by atoms with Crippen molar-refractivity contribution >= 4 is 11.8 Å². The van der Waals surface area contributed by atoms with E-state index < -0.39 is 0 Å². The first-order valence-electron chi connectivity index (χ1n) is 7.15. The number of hydrogen-bond acceptors (Lipinski definition) is 4. The van der Waals surface area contributed by atoms with E-state index in [0.717, 1.165) is 32.8 Å². The SMILES string of the molecule is CC(=O)N(CC(=O)NCCN1CCOCC1)C(C)(C)C. The lowest BCUT2D eigenvalue weighted by atomic mass is 10.1. The molecule has 1 N–H and O–H groups in total. The maximum atomic E-state index is 11.9. The Morgan fingerprint density at radius 2 is 1.85 bits per heavy atom. The molecular weight excluding hydrogens is 258 g/mol. The summed E-state index contributed by atoms with van der Waals surface area (Å²) >= 11 is 0. The molecule has 6 heteroatoms. The van der Waals surface area contributed by atoms with Gasteiger partial charge in [-0.2, -0.15) is 0 Å². The summed E-state index contributed by atoms with van der Waals surface area (Å²) in [6.45, 7) is 12.2. The lowest BCUT2D eigenvalue weighted by molar-refractivity contribution is -0.139. The molecule has 6 nitrogen and oxygen atoms in total. The third kappa shape index (κ3) is 5.88. The van der Waals surface area contributed by atoms with Gasteiger partial charge in [-0.1, -0.05) is 0 Å². The average molecular weight is 285 g/mol. The molecule has 1 aliphatic heterocycles. The van der Waals surface area contributed by atoms with Crippen LogP contribution in [0.25, 0.3) is 0 Å². The molecule has 1 aliphatic rings. The van der Waals surface area contributed by atoms with Gasteiger partial charge in [-0.25, -0.2) is 0 Å². The van der Waals surface area contributed by atoms with Crippen molar-refractivity contribution in [1.29, 1.82) is 0 Å². The number of morpholine rings is 1. The fourth-order valence-electron chi connectivity index (χ4n) is 2.20. The zero-order valence-corrected chi connectivity index (χ0v) is 13.1. The Hall–Kier alpha value is -1.14. The van der Waals surface area contributed by atoms with Gasteiger partial charge in [0.25, 0.3) is 0 Å². The second kappa shape index (κ2) is 7.59. The van der Waals surface area contributed by atoms with Crippen molar-refractivity contribution < 1.29 is 14.3 Å². The van der Waals surface area contributed by atoms with Crippen molar-refractivity contribution in [3.05, 3.63) is 0 Å². The van der Waals surface area contributed by atoms with Crippen LogP contribution < -0.4 is 5.32 Å². The standard InChI is InChI=1S/C14H27N3O3/c1-12(18)17(14(2,3)4)11-13(19)15-5-6-16-7-9-20-10-8-16/h5-11H2,1-4H3,(H,15,19).